The monoisotopic (exact) mass is 174 g/mol. The van der Waals surface area contributed by atoms with Gasteiger partial charge in [-0.05, 0) is 18.8 Å². The van der Waals surface area contributed by atoms with Gasteiger partial charge >= 0.3 is 5.97 Å². The van der Waals surface area contributed by atoms with E-state index in [0.717, 1.165) is 6.42 Å². The Hall–Kier alpha value is -0.570. The zero-order valence-electron chi connectivity index (χ0n) is 8.04. The van der Waals surface area contributed by atoms with Crippen LogP contribution in [0.25, 0.3) is 0 Å². The summed E-state index contributed by atoms with van der Waals surface area (Å²) in [7, 11) is 1.33. The maximum atomic E-state index is 10.7. The third-order valence-electron chi connectivity index (χ3n) is 1.71. The fraction of sp³-hybridized carbons (Fsp3) is 0.889. The number of aliphatic hydroxyl groups excluding tert-OH is 1. The number of rotatable bonds is 5. The predicted octanol–water partition coefficient (Wildman–Crippen LogP) is 1.35. The molecule has 0 aliphatic heterocycles. The molecule has 0 aliphatic rings. The van der Waals surface area contributed by atoms with E-state index in [1.807, 2.05) is 0 Å². The number of carbonyl (C=O) groups excluding carboxylic acids is 1. The number of ether oxygens (including phenoxy) is 1. The summed E-state index contributed by atoms with van der Waals surface area (Å²) in [5.74, 6) is 0.226. The maximum Gasteiger partial charge on any atom is 0.308 e. The van der Waals surface area contributed by atoms with Gasteiger partial charge < -0.3 is 9.84 Å². The van der Waals surface area contributed by atoms with Crippen LogP contribution in [0.2, 0.25) is 0 Å². The van der Waals surface area contributed by atoms with E-state index in [2.05, 4.69) is 18.6 Å². The molecule has 0 radical (unpaired) electrons. The molecule has 0 rings (SSSR count). The summed E-state index contributed by atoms with van der Waals surface area (Å²) >= 11 is 0. The van der Waals surface area contributed by atoms with Gasteiger partial charge in [0.25, 0.3) is 0 Å². The highest BCUT2D eigenvalue weighted by Gasteiger charge is 2.10. The second kappa shape index (κ2) is 6.00. The normalized spacial score (nSPS) is 13.1. The third-order valence-corrected chi connectivity index (χ3v) is 1.71. The quantitative estimate of drug-likeness (QED) is 0.640. The van der Waals surface area contributed by atoms with E-state index in [-0.39, 0.29) is 12.4 Å². The Labute approximate surface area is 73.7 Å². The van der Waals surface area contributed by atoms with Crippen molar-refractivity contribution in [3.05, 3.63) is 0 Å². The molecule has 0 saturated carbocycles. The molecule has 0 fully saturated rings. The number of hydrogen-bond acceptors (Lipinski definition) is 3. The molecule has 0 saturated heterocycles. The van der Waals surface area contributed by atoms with Crippen molar-refractivity contribution in [3.8, 4) is 0 Å². The first-order valence-electron chi connectivity index (χ1n) is 4.31. The van der Waals surface area contributed by atoms with Crippen molar-refractivity contribution in [2.45, 2.75) is 39.2 Å². The summed E-state index contributed by atoms with van der Waals surface area (Å²) in [6.07, 6.45) is 1.19. The molecular formula is C9H18O3. The molecule has 0 aromatic heterocycles. The molecule has 0 unspecified atom stereocenters. The summed E-state index contributed by atoms with van der Waals surface area (Å²) in [5.41, 5.74) is 0. The third kappa shape index (κ3) is 6.16. The van der Waals surface area contributed by atoms with Crippen LogP contribution < -0.4 is 0 Å². The van der Waals surface area contributed by atoms with Crippen LogP contribution in [-0.2, 0) is 9.53 Å². The Morgan fingerprint density at radius 2 is 2.00 bits per heavy atom. The van der Waals surface area contributed by atoms with Crippen molar-refractivity contribution < 1.29 is 14.6 Å². The number of carbonyl (C=O) groups is 1. The molecule has 72 valence electrons. The molecule has 0 spiro atoms. The Morgan fingerprint density at radius 1 is 1.42 bits per heavy atom. The maximum absolute atomic E-state index is 10.7. The highest BCUT2D eigenvalue weighted by molar-refractivity contribution is 5.69. The lowest BCUT2D eigenvalue weighted by Gasteiger charge is -2.10. The summed E-state index contributed by atoms with van der Waals surface area (Å²) in [4.78, 5) is 10.7. The summed E-state index contributed by atoms with van der Waals surface area (Å²) in [6.45, 7) is 4.18. The van der Waals surface area contributed by atoms with Gasteiger partial charge in [0.2, 0.25) is 0 Å². The molecule has 1 N–H and O–H groups in total. The van der Waals surface area contributed by atoms with Crippen molar-refractivity contribution in [3.63, 3.8) is 0 Å². The summed E-state index contributed by atoms with van der Waals surface area (Å²) in [6, 6.07) is 0. The zero-order chi connectivity index (χ0) is 9.56. The number of esters is 1. The molecule has 1 atom stereocenters. The Bertz CT molecular complexity index is 132. The molecule has 0 amide bonds. The molecule has 0 aromatic carbocycles. The minimum Gasteiger partial charge on any atom is -0.469 e. The second-order valence-corrected chi connectivity index (χ2v) is 3.41. The Kier molecular flexibility index (Phi) is 5.72. The summed E-state index contributed by atoms with van der Waals surface area (Å²) in [5, 5.41) is 9.30. The second-order valence-electron chi connectivity index (χ2n) is 3.41. The van der Waals surface area contributed by atoms with Gasteiger partial charge in [-0.1, -0.05) is 13.8 Å². The van der Waals surface area contributed by atoms with Crippen molar-refractivity contribution in [2.75, 3.05) is 7.11 Å². The molecule has 0 heterocycles. The molecule has 0 aromatic rings. The van der Waals surface area contributed by atoms with Crippen molar-refractivity contribution >= 4 is 5.97 Å². The Balaban J connectivity index is 3.45. The van der Waals surface area contributed by atoms with Gasteiger partial charge in [0.05, 0.1) is 19.6 Å². The smallest absolute Gasteiger partial charge is 0.308 e. The van der Waals surface area contributed by atoms with Crippen molar-refractivity contribution in [2.24, 2.45) is 5.92 Å². The van der Waals surface area contributed by atoms with E-state index in [1.54, 1.807) is 0 Å². The SMILES string of the molecule is COC(=O)C[C@H](O)CCC(C)C. The molecule has 3 heteroatoms. The van der Waals surface area contributed by atoms with Crippen molar-refractivity contribution in [1.82, 2.24) is 0 Å². The van der Waals surface area contributed by atoms with E-state index in [0.29, 0.717) is 12.3 Å². The van der Waals surface area contributed by atoms with Gasteiger partial charge in [-0.15, -0.1) is 0 Å². The van der Waals surface area contributed by atoms with Crippen LogP contribution in [0.4, 0.5) is 0 Å². The van der Waals surface area contributed by atoms with Gasteiger partial charge in [-0.2, -0.15) is 0 Å². The van der Waals surface area contributed by atoms with Crippen LogP contribution in [-0.4, -0.2) is 24.3 Å². The van der Waals surface area contributed by atoms with Gasteiger partial charge in [0.1, 0.15) is 0 Å². The lowest BCUT2D eigenvalue weighted by atomic mass is 10.0. The number of aliphatic hydroxyl groups is 1. The topological polar surface area (TPSA) is 46.5 Å². The van der Waals surface area contributed by atoms with E-state index >= 15 is 0 Å². The number of methoxy groups -OCH3 is 1. The lowest BCUT2D eigenvalue weighted by Crippen LogP contribution is -2.15. The summed E-state index contributed by atoms with van der Waals surface area (Å²) < 4.78 is 4.43. The Morgan fingerprint density at radius 3 is 2.42 bits per heavy atom. The fourth-order valence-electron chi connectivity index (χ4n) is 0.904. The van der Waals surface area contributed by atoms with Crippen LogP contribution in [0.5, 0.6) is 0 Å². The van der Waals surface area contributed by atoms with Crippen LogP contribution in [0.15, 0.2) is 0 Å². The van der Waals surface area contributed by atoms with E-state index in [1.165, 1.54) is 7.11 Å². The molecule has 12 heavy (non-hydrogen) atoms. The van der Waals surface area contributed by atoms with Gasteiger partial charge in [-0.3, -0.25) is 4.79 Å². The first kappa shape index (κ1) is 11.4. The van der Waals surface area contributed by atoms with Crippen LogP contribution in [0.1, 0.15) is 33.1 Å². The standard InChI is InChI=1S/C9H18O3/c1-7(2)4-5-8(10)6-9(11)12-3/h7-8,10H,4-6H2,1-3H3/t8-/m1/s1. The number of hydrogen-bond donors (Lipinski definition) is 1. The van der Waals surface area contributed by atoms with E-state index in [4.69, 9.17) is 0 Å². The van der Waals surface area contributed by atoms with Crippen LogP contribution in [0, 0.1) is 5.92 Å². The average molecular weight is 174 g/mol. The van der Waals surface area contributed by atoms with Crippen molar-refractivity contribution in [1.29, 1.82) is 0 Å². The predicted molar refractivity (Wildman–Crippen MR) is 46.7 cm³/mol. The zero-order valence-corrected chi connectivity index (χ0v) is 8.04. The molecular weight excluding hydrogens is 156 g/mol. The van der Waals surface area contributed by atoms with E-state index in [9.17, 15) is 9.90 Å². The first-order chi connectivity index (χ1) is 5.56. The van der Waals surface area contributed by atoms with E-state index < -0.39 is 6.10 Å². The first-order valence-corrected chi connectivity index (χ1v) is 4.31. The van der Waals surface area contributed by atoms with Gasteiger partial charge in [-0.25, -0.2) is 0 Å². The largest absolute Gasteiger partial charge is 0.469 e. The molecule has 0 bridgehead atoms. The molecule has 3 nitrogen and oxygen atoms in total. The minimum absolute atomic E-state index is 0.114. The van der Waals surface area contributed by atoms with Crippen LogP contribution >= 0.6 is 0 Å². The highest BCUT2D eigenvalue weighted by Crippen LogP contribution is 2.09. The minimum atomic E-state index is -0.542. The average Bonchev–Trinajstić information content (AvgIpc) is 2.00. The lowest BCUT2D eigenvalue weighted by molar-refractivity contribution is -0.142. The van der Waals surface area contributed by atoms with Gasteiger partial charge in [0.15, 0.2) is 0 Å². The van der Waals surface area contributed by atoms with Crippen LogP contribution in [0.3, 0.4) is 0 Å². The highest BCUT2D eigenvalue weighted by atomic mass is 16.5. The fourth-order valence-corrected chi connectivity index (χ4v) is 0.904. The van der Waals surface area contributed by atoms with Gasteiger partial charge in [0, 0.05) is 0 Å². The molecule has 0 aliphatic carbocycles.